The number of nitrogens with zero attached hydrogens (tertiary/aromatic N) is 2. The quantitative estimate of drug-likeness (QED) is 0.867. The van der Waals surface area contributed by atoms with Crippen molar-refractivity contribution >= 4 is 17.2 Å². The number of rotatable bonds is 5. The number of carbonyl (C=O) groups is 1. The molecule has 1 aromatic carbocycles. The van der Waals surface area contributed by atoms with Crippen LogP contribution in [-0.2, 0) is 6.61 Å². The van der Waals surface area contributed by atoms with E-state index in [9.17, 15) is 9.18 Å². The van der Waals surface area contributed by atoms with Crippen molar-refractivity contribution < 1.29 is 13.9 Å². The number of likely N-dealkylation sites (tertiary alicyclic amines) is 1. The lowest BCUT2D eigenvalue weighted by molar-refractivity contribution is 0.0685. The van der Waals surface area contributed by atoms with E-state index >= 15 is 0 Å². The molecule has 2 N–H and O–H groups in total. The number of thiazole rings is 1. The van der Waals surface area contributed by atoms with Crippen molar-refractivity contribution in [3.05, 3.63) is 45.7 Å². The highest BCUT2D eigenvalue weighted by Crippen LogP contribution is 2.25. The van der Waals surface area contributed by atoms with E-state index in [0.29, 0.717) is 16.5 Å². The molecule has 7 heteroatoms. The molecule has 1 atom stereocenters. The van der Waals surface area contributed by atoms with Gasteiger partial charge < -0.3 is 15.4 Å². The van der Waals surface area contributed by atoms with E-state index in [2.05, 4.69) is 4.98 Å². The molecule has 1 saturated heterocycles. The molecule has 0 saturated carbocycles. The highest BCUT2D eigenvalue weighted by atomic mass is 32.1. The summed E-state index contributed by atoms with van der Waals surface area (Å²) in [5.74, 6) is 0.797. The minimum Gasteiger partial charge on any atom is -0.486 e. The van der Waals surface area contributed by atoms with Gasteiger partial charge in [0.15, 0.2) is 0 Å². The molecule has 1 fully saturated rings. The minimum atomic E-state index is -0.303. The molecule has 5 nitrogen and oxygen atoms in total. The van der Waals surface area contributed by atoms with Crippen molar-refractivity contribution in [3.8, 4) is 5.75 Å². The monoisotopic (exact) mass is 377 g/mol. The van der Waals surface area contributed by atoms with Crippen molar-refractivity contribution in [2.75, 3.05) is 13.1 Å². The van der Waals surface area contributed by atoms with Crippen LogP contribution < -0.4 is 10.5 Å². The number of piperidine rings is 1. The first-order chi connectivity index (χ1) is 12.4. The van der Waals surface area contributed by atoms with Crippen LogP contribution in [0, 0.1) is 18.7 Å². The normalized spacial score (nSPS) is 16.5. The molecule has 26 heavy (non-hydrogen) atoms. The summed E-state index contributed by atoms with van der Waals surface area (Å²) in [7, 11) is 0. The second kappa shape index (κ2) is 8.14. The molecule has 0 spiro atoms. The summed E-state index contributed by atoms with van der Waals surface area (Å²) in [5.41, 5.74) is 6.70. The summed E-state index contributed by atoms with van der Waals surface area (Å²) in [6.45, 7) is 5.62. The molecule has 2 aromatic rings. The number of ether oxygens (including phenoxy) is 1. The average Bonchev–Trinajstić information content (AvgIpc) is 3.01. The fourth-order valence-electron chi connectivity index (χ4n) is 3.16. The van der Waals surface area contributed by atoms with E-state index < -0.39 is 0 Å². The molecular formula is C19H24FN3O2S. The van der Waals surface area contributed by atoms with Crippen molar-refractivity contribution in [2.24, 2.45) is 11.7 Å². The number of benzene rings is 1. The molecule has 140 valence electrons. The van der Waals surface area contributed by atoms with Crippen LogP contribution in [0.1, 0.15) is 40.1 Å². The SMILES string of the molecule is Cc1nc(COc2ccc(F)cc2)sc1C(=O)N1CCC(C(C)N)CC1. The van der Waals surface area contributed by atoms with Gasteiger partial charge in [-0.15, -0.1) is 11.3 Å². The first-order valence-electron chi connectivity index (χ1n) is 8.83. The lowest BCUT2D eigenvalue weighted by Gasteiger charge is -2.33. The van der Waals surface area contributed by atoms with Crippen LogP contribution in [0.2, 0.25) is 0 Å². The van der Waals surface area contributed by atoms with Crippen LogP contribution in [0.5, 0.6) is 5.75 Å². The lowest BCUT2D eigenvalue weighted by Crippen LogP contribution is -2.42. The van der Waals surface area contributed by atoms with Gasteiger partial charge in [-0.2, -0.15) is 0 Å². The molecule has 0 bridgehead atoms. The largest absolute Gasteiger partial charge is 0.486 e. The van der Waals surface area contributed by atoms with Crippen molar-refractivity contribution in [3.63, 3.8) is 0 Å². The van der Waals surface area contributed by atoms with E-state index in [-0.39, 0.29) is 24.4 Å². The first-order valence-corrected chi connectivity index (χ1v) is 9.65. The predicted molar refractivity (Wildman–Crippen MR) is 99.9 cm³/mol. The van der Waals surface area contributed by atoms with Crippen molar-refractivity contribution in [1.82, 2.24) is 9.88 Å². The van der Waals surface area contributed by atoms with Gasteiger partial charge in [-0.3, -0.25) is 4.79 Å². The second-order valence-corrected chi connectivity index (χ2v) is 7.84. The van der Waals surface area contributed by atoms with Crippen LogP contribution in [0.4, 0.5) is 4.39 Å². The Labute approximate surface area is 157 Å². The van der Waals surface area contributed by atoms with Crippen LogP contribution in [0.25, 0.3) is 0 Å². The van der Waals surface area contributed by atoms with Crippen molar-refractivity contribution in [1.29, 1.82) is 0 Å². The Morgan fingerprint density at radius 1 is 1.38 bits per heavy atom. The zero-order valence-electron chi connectivity index (χ0n) is 15.1. The molecule has 0 radical (unpaired) electrons. The summed E-state index contributed by atoms with van der Waals surface area (Å²) in [4.78, 5) is 19.8. The highest BCUT2D eigenvalue weighted by molar-refractivity contribution is 7.13. The maximum absolute atomic E-state index is 12.9. The Hall–Kier alpha value is -1.99. The Balaban J connectivity index is 1.60. The highest BCUT2D eigenvalue weighted by Gasteiger charge is 2.27. The first kappa shape index (κ1) is 18.8. The third kappa shape index (κ3) is 4.40. The third-order valence-corrected chi connectivity index (χ3v) is 5.90. The number of hydrogen-bond acceptors (Lipinski definition) is 5. The number of carbonyl (C=O) groups excluding carboxylic acids is 1. The third-order valence-electron chi connectivity index (χ3n) is 4.78. The molecule has 2 heterocycles. The van der Waals surface area contributed by atoms with Gasteiger partial charge in [0, 0.05) is 19.1 Å². The summed E-state index contributed by atoms with van der Waals surface area (Å²) >= 11 is 1.36. The number of nitrogens with two attached hydrogens (primary N) is 1. The number of amides is 1. The number of halogens is 1. The number of aromatic nitrogens is 1. The topological polar surface area (TPSA) is 68.5 Å². The Bertz CT molecular complexity index is 753. The molecule has 3 rings (SSSR count). The standard InChI is InChI=1S/C19H24FN3O2S/c1-12(21)14-7-9-23(10-8-14)19(24)18-13(2)22-17(26-18)11-25-16-5-3-15(20)4-6-16/h3-6,12,14H,7-11,21H2,1-2H3. The van der Waals surface area contributed by atoms with Gasteiger partial charge in [-0.05, 0) is 56.9 Å². The van der Waals surface area contributed by atoms with Gasteiger partial charge in [0.25, 0.3) is 5.91 Å². The summed E-state index contributed by atoms with van der Waals surface area (Å²) in [5, 5.41) is 0.737. The van der Waals surface area contributed by atoms with Gasteiger partial charge in [0.1, 0.15) is 28.1 Å². The molecule has 0 aliphatic carbocycles. The van der Waals surface area contributed by atoms with E-state index in [1.54, 1.807) is 12.1 Å². The summed E-state index contributed by atoms with van der Waals surface area (Å²) in [6.07, 6.45) is 1.89. The van der Waals surface area contributed by atoms with E-state index in [1.165, 1.54) is 23.5 Å². The molecule has 1 amide bonds. The fraction of sp³-hybridized carbons (Fsp3) is 0.474. The van der Waals surface area contributed by atoms with Gasteiger partial charge in [-0.25, -0.2) is 9.37 Å². The fourth-order valence-corrected chi connectivity index (χ4v) is 4.11. The second-order valence-electron chi connectivity index (χ2n) is 6.75. The van der Waals surface area contributed by atoms with E-state index in [4.69, 9.17) is 10.5 Å². The minimum absolute atomic E-state index is 0.0381. The predicted octanol–water partition coefficient (Wildman–Crippen LogP) is 3.37. The zero-order valence-corrected chi connectivity index (χ0v) is 15.9. The van der Waals surface area contributed by atoms with Gasteiger partial charge in [-0.1, -0.05) is 0 Å². The molecule has 1 unspecified atom stereocenters. The summed E-state index contributed by atoms with van der Waals surface area (Å²) in [6, 6.07) is 6.02. The zero-order chi connectivity index (χ0) is 18.7. The number of hydrogen-bond donors (Lipinski definition) is 1. The smallest absolute Gasteiger partial charge is 0.265 e. The van der Waals surface area contributed by atoms with E-state index in [1.807, 2.05) is 18.7 Å². The van der Waals surface area contributed by atoms with Gasteiger partial charge in [0.05, 0.1) is 5.69 Å². The van der Waals surface area contributed by atoms with Crippen LogP contribution in [0.3, 0.4) is 0 Å². The lowest BCUT2D eigenvalue weighted by atomic mass is 9.91. The van der Waals surface area contributed by atoms with E-state index in [0.717, 1.165) is 36.6 Å². The maximum Gasteiger partial charge on any atom is 0.265 e. The average molecular weight is 377 g/mol. The van der Waals surface area contributed by atoms with Crippen LogP contribution in [0.15, 0.2) is 24.3 Å². The maximum atomic E-state index is 12.9. The molecular weight excluding hydrogens is 353 g/mol. The Morgan fingerprint density at radius 2 is 2.04 bits per heavy atom. The molecule has 1 aromatic heterocycles. The van der Waals surface area contributed by atoms with Crippen LogP contribution >= 0.6 is 11.3 Å². The Kier molecular flexibility index (Phi) is 5.88. The Morgan fingerprint density at radius 3 is 2.65 bits per heavy atom. The van der Waals surface area contributed by atoms with Crippen LogP contribution in [-0.4, -0.2) is 34.9 Å². The molecule has 1 aliphatic heterocycles. The molecule has 1 aliphatic rings. The van der Waals surface area contributed by atoms with Gasteiger partial charge in [0.2, 0.25) is 0 Å². The van der Waals surface area contributed by atoms with Gasteiger partial charge >= 0.3 is 0 Å². The number of aryl methyl sites for hydroxylation is 1. The van der Waals surface area contributed by atoms with Crippen molar-refractivity contribution in [2.45, 2.75) is 39.3 Å². The summed E-state index contributed by atoms with van der Waals surface area (Å²) < 4.78 is 18.5.